The Labute approximate surface area is 193 Å². The van der Waals surface area contributed by atoms with Crippen molar-refractivity contribution in [2.45, 2.75) is 38.8 Å². The number of carboxylic acids is 1. The van der Waals surface area contributed by atoms with Gasteiger partial charge in [0.2, 0.25) is 0 Å². The number of hydrogen-bond donors (Lipinski definition) is 4. The lowest BCUT2D eigenvalue weighted by atomic mass is 10.1. The third-order valence-corrected chi connectivity index (χ3v) is 4.43. The van der Waals surface area contributed by atoms with Crippen LogP contribution >= 0.6 is 23.2 Å². The van der Waals surface area contributed by atoms with Gasteiger partial charge < -0.3 is 27.0 Å². The van der Waals surface area contributed by atoms with Gasteiger partial charge in [-0.3, -0.25) is 9.59 Å². The van der Waals surface area contributed by atoms with Gasteiger partial charge in [0.25, 0.3) is 0 Å². The Hall–Kier alpha value is -2.16. The van der Waals surface area contributed by atoms with E-state index in [2.05, 4.69) is 0 Å². The summed E-state index contributed by atoms with van der Waals surface area (Å²) in [5, 5.41) is 9.25. The Kier molecular flexibility index (Phi) is 16.3. The number of carbonyl (C=O) groups excluding carboxylic acids is 1. The molecule has 0 fully saturated rings. The summed E-state index contributed by atoms with van der Waals surface area (Å²) in [6.45, 7) is 3.80. The second kappa shape index (κ2) is 17.5. The molecule has 0 radical (unpaired) electrons. The molecule has 0 amide bonds. The highest BCUT2D eigenvalue weighted by Gasteiger charge is 2.09. The number of benzene rings is 2. The minimum Gasteiger partial charge on any atom is -0.494 e. The van der Waals surface area contributed by atoms with Crippen LogP contribution in [0.15, 0.2) is 42.5 Å². The summed E-state index contributed by atoms with van der Waals surface area (Å²) in [5.41, 5.74) is 17.4. The third-order valence-electron chi connectivity index (χ3n) is 3.87. The third kappa shape index (κ3) is 13.0. The van der Waals surface area contributed by atoms with Gasteiger partial charge in [0.15, 0.2) is 6.29 Å². The largest absolute Gasteiger partial charge is 0.494 e. The summed E-state index contributed by atoms with van der Waals surface area (Å²) in [5.74, 6) is -0.0329. The molecular weight excluding hydrogens is 441 g/mol. The zero-order chi connectivity index (χ0) is 23.6. The minimum atomic E-state index is -0.933. The molecular formula is C22H31Cl2N3O4. The van der Waals surface area contributed by atoms with Crippen LogP contribution < -0.4 is 21.9 Å². The summed E-state index contributed by atoms with van der Waals surface area (Å²) in [7, 11) is 0. The Morgan fingerprint density at radius 2 is 1.84 bits per heavy atom. The molecule has 2 rings (SSSR count). The fourth-order valence-electron chi connectivity index (χ4n) is 2.20. The summed E-state index contributed by atoms with van der Waals surface area (Å²) in [6.07, 6.45) is 2.86. The van der Waals surface area contributed by atoms with E-state index in [0.29, 0.717) is 48.0 Å². The lowest BCUT2D eigenvalue weighted by Crippen LogP contribution is -2.29. The molecule has 0 bridgehead atoms. The molecule has 0 spiro atoms. The van der Waals surface area contributed by atoms with E-state index in [0.717, 1.165) is 24.2 Å². The van der Waals surface area contributed by atoms with Crippen molar-refractivity contribution < 1.29 is 19.4 Å². The summed E-state index contributed by atoms with van der Waals surface area (Å²) in [4.78, 5) is 20.3. The van der Waals surface area contributed by atoms with E-state index < -0.39 is 12.0 Å². The SMILES string of the molecule is CCOc1ccccc1CN.NCCCC[C@H](N)C(=O)O.O=Cc1ccc(Cl)cc1Cl. The van der Waals surface area contributed by atoms with Gasteiger partial charge in [-0.25, -0.2) is 0 Å². The number of ether oxygens (including phenoxy) is 1. The summed E-state index contributed by atoms with van der Waals surface area (Å²) < 4.78 is 5.35. The molecule has 0 unspecified atom stereocenters. The average molecular weight is 472 g/mol. The normalized spacial score (nSPS) is 10.6. The number of halogens is 2. The Morgan fingerprint density at radius 3 is 2.35 bits per heavy atom. The molecule has 0 saturated heterocycles. The molecule has 0 aliphatic heterocycles. The number of aliphatic carboxylic acids is 1. The fraction of sp³-hybridized carbons (Fsp3) is 0.364. The smallest absolute Gasteiger partial charge is 0.320 e. The van der Waals surface area contributed by atoms with Gasteiger partial charge in [-0.1, -0.05) is 47.8 Å². The standard InChI is InChI=1S/C9H13NO.C7H4Cl2O.C6H14N2O2/c1-2-11-9-6-4-3-5-8(9)7-10;8-6-2-1-5(4-10)7(9)3-6;7-4-2-1-3-5(8)6(9)10/h3-6H,2,7,10H2,1H3;1-4H;5H,1-4,7-8H2,(H,9,10)/t;;5-/m..0/s1. The van der Waals surface area contributed by atoms with Gasteiger partial charge in [0.1, 0.15) is 11.8 Å². The number of aldehydes is 1. The minimum absolute atomic E-state index is 0.391. The Balaban J connectivity index is 0.000000436. The van der Waals surface area contributed by atoms with Gasteiger partial charge in [-0.2, -0.15) is 0 Å². The van der Waals surface area contributed by atoms with E-state index in [-0.39, 0.29) is 0 Å². The highest BCUT2D eigenvalue weighted by Crippen LogP contribution is 2.19. The zero-order valence-electron chi connectivity index (χ0n) is 17.6. The number of rotatable bonds is 9. The topological polar surface area (TPSA) is 142 Å². The second-order valence-electron chi connectivity index (χ2n) is 6.26. The molecule has 0 saturated carbocycles. The molecule has 1 atom stereocenters. The number of nitrogens with two attached hydrogens (primary N) is 3. The monoisotopic (exact) mass is 471 g/mol. The number of hydrogen-bond acceptors (Lipinski definition) is 6. The number of unbranched alkanes of at least 4 members (excludes halogenated alkanes) is 1. The molecule has 2 aromatic carbocycles. The Morgan fingerprint density at radius 1 is 1.16 bits per heavy atom. The van der Waals surface area contributed by atoms with Gasteiger partial charge in [-0.05, 0) is 50.6 Å². The van der Waals surface area contributed by atoms with E-state index in [1.807, 2.05) is 31.2 Å². The average Bonchev–Trinajstić information content (AvgIpc) is 2.75. The van der Waals surface area contributed by atoms with Crippen LogP contribution in [0.4, 0.5) is 0 Å². The van der Waals surface area contributed by atoms with Gasteiger partial charge in [-0.15, -0.1) is 0 Å². The quantitative estimate of drug-likeness (QED) is 0.321. The number of para-hydroxylation sites is 1. The summed E-state index contributed by atoms with van der Waals surface area (Å²) >= 11 is 11.2. The maximum absolute atomic E-state index is 10.2. The van der Waals surface area contributed by atoms with Crippen LogP contribution in [0.25, 0.3) is 0 Å². The van der Waals surface area contributed by atoms with Gasteiger partial charge >= 0.3 is 5.97 Å². The molecule has 7 N–H and O–H groups in total. The van der Waals surface area contributed by atoms with Gasteiger partial charge in [0.05, 0.1) is 11.6 Å². The molecule has 0 heterocycles. The fourth-order valence-corrected chi connectivity index (χ4v) is 2.65. The number of carboxylic acid groups (broad SMARTS) is 1. The van der Waals surface area contributed by atoms with E-state index in [1.165, 1.54) is 6.07 Å². The molecule has 0 aliphatic rings. The van der Waals surface area contributed by atoms with Crippen molar-refractivity contribution in [3.05, 3.63) is 63.6 Å². The van der Waals surface area contributed by atoms with Crippen LogP contribution in [0.3, 0.4) is 0 Å². The van der Waals surface area contributed by atoms with Crippen molar-refractivity contribution >= 4 is 35.5 Å². The van der Waals surface area contributed by atoms with Crippen LogP contribution in [-0.4, -0.2) is 36.6 Å². The Bertz CT molecular complexity index is 791. The molecule has 0 aromatic heterocycles. The highest BCUT2D eigenvalue weighted by atomic mass is 35.5. The predicted molar refractivity (Wildman–Crippen MR) is 126 cm³/mol. The van der Waals surface area contributed by atoms with E-state index in [9.17, 15) is 9.59 Å². The molecule has 9 heteroatoms. The first-order valence-corrected chi connectivity index (χ1v) is 10.6. The van der Waals surface area contributed by atoms with E-state index >= 15 is 0 Å². The van der Waals surface area contributed by atoms with Crippen LogP contribution in [-0.2, 0) is 11.3 Å². The van der Waals surface area contributed by atoms with E-state index in [1.54, 1.807) is 12.1 Å². The van der Waals surface area contributed by atoms with Gasteiger partial charge in [0, 0.05) is 22.7 Å². The first kappa shape index (κ1) is 28.8. The lowest BCUT2D eigenvalue weighted by molar-refractivity contribution is -0.138. The highest BCUT2D eigenvalue weighted by molar-refractivity contribution is 6.36. The number of carbonyl (C=O) groups is 2. The van der Waals surface area contributed by atoms with Crippen molar-refractivity contribution in [1.29, 1.82) is 0 Å². The van der Waals surface area contributed by atoms with Crippen molar-refractivity contribution in [1.82, 2.24) is 0 Å². The maximum Gasteiger partial charge on any atom is 0.320 e. The second-order valence-corrected chi connectivity index (χ2v) is 7.10. The van der Waals surface area contributed by atoms with Crippen LogP contribution in [0.1, 0.15) is 42.1 Å². The molecule has 172 valence electrons. The van der Waals surface area contributed by atoms with Crippen LogP contribution in [0.5, 0.6) is 5.75 Å². The lowest BCUT2D eigenvalue weighted by Gasteiger charge is -2.06. The van der Waals surface area contributed by atoms with Crippen LogP contribution in [0.2, 0.25) is 10.0 Å². The first-order valence-electron chi connectivity index (χ1n) is 9.80. The molecule has 2 aromatic rings. The maximum atomic E-state index is 10.2. The van der Waals surface area contributed by atoms with Crippen molar-refractivity contribution in [2.24, 2.45) is 17.2 Å². The molecule has 0 aliphatic carbocycles. The summed E-state index contributed by atoms with van der Waals surface area (Å²) in [6, 6.07) is 11.8. The zero-order valence-corrected chi connectivity index (χ0v) is 19.1. The molecule has 7 nitrogen and oxygen atoms in total. The molecule has 31 heavy (non-hydrogen) atoms. The first-order chi connectivity index (χ1) is 14.8. The van der Waals surface area contributed by atoms with E-state index in [4.69, 9.17) is 50.2 Å². The van der Waals surface area contributed by atoms with Crippen molar-refractivity contribution in [3.8, 4) is 5.75 Å². The predicted octanol–water partition coefficient (Wildman–Crippen LogP) is 3.88. The van der Waals surface area contributed by atoms with Crippen molar-refractivity contribution in [3.63, 3.8) is 0 Å². The van der Waals surface area contributed by atoms with Crippen LogP contribution in [0, 0.1) is 0 Å². The van der Waals surface area contributed by atoms with Crippen molar-refractivity contribution in [2.75, 3.05) is 13.2 Å².